The van der Waals surface area contributed by atoms with Crippen LogP contribution >= 0.6 is 0 Å². The summed E-state index contributed by atoms with van der Waals surface area (Å²) in [5, 5.41) is 2.66. The Morgan fingerprint density at radius 2 is 1.52 bits per heavy atom. The van der Waals surface area contributed by atoms with Crippen LogP contribution in [-0.4, -0.2) is 36.4 Å². The molecule has 0 aliphatic carbocycles. The highest BCUT2D eigenvalue weighted by molar-refractivity contribution is 5.88. The number of halogens is 1. The van der Waals surface area contributed by atoms with Crippen LogP contribution in [0.15, 0.2) is 84.9 Å². The topological polar surface area (TPSA) is 58.6 Å². The third kappa shape index (κ3) is 6.40. The van der Waals surface area contributed by atoms with Crippen LogP contribution in [0.2, 0.25) is 0 Å². The molecule has 0 spiro atoms. The summed E-state index contributed by atoms with van der Waals surface area (Å²) in [5.74, 6) is -0.407. The molecule has 1 unspecified atom stereocenters. The number of nitrogens with zero attached hydrogens (tertiary/aromatic N) is 1. The van der Waals surface area contributed by atoms with Crippen molar-refractivity contribution in [2.24, 2.45) is 0 Å². The number of benzene rings is 3. The minimum atomic E-state index is -0.746. The third-order valence-corrected chi connectivity index (χ3v) is 4.89. The van der Waals surface area contributed by atoms with Gasteiger partial charge in [0.2, 0.25) is 5.91 Å². The molecule has 0 saturated carbocycles. The Kier molecular flexibility index (Phi) is 7.76. The highest BCUT2D eigenvalue weighted by Crippen LogP contribution is 2.16. The number of carbonyl (C=O) groups is 2. The fraction of sp³-hybridized carbons (Fsp3) is 0.200. The molecule has 5 nitrogen and oxygen atoms in total. The summed E-state index contributed by atoms with van der Waals surface area (Å²) in [7, 11) is 1.54. The summed E-state index contributed by atoms with van der Waals surface area (Å²) >= 11 is 0. The second kappa shape index (κ2) is 10.9. The molecular weight excluding hydrogens is 395 g/mol. The first-order chi connectivity index (χ1) is 15.1. The molecule has 0 fully saturated rings. The van der Waals surface area contributed by atoms with Crippen molar-refractivity contribution in [3.8, 4) is 5.75 Å². The lowest BCUT2D eigenvalue weighted by Crippen LogP contribution is -2.51. The number of rotatable bonds is 9. The zero-order chi connectivity index (χ0) is 22.1. The van der Waals surface area contributed by atoms with Crippen molar-refractivity contribution in [1.82, 2.24) is 10.2 Å². The number of hydrogen-bond acceptors (Lipinski definition) is 3. The normalized spacial score (nSPS) is 11.4. The molecule has 31 heavy (non-hydrogen) atoms. The van der Waals surface area contributed by atoms with Crippen molar-refractivity contribution >= 4 is 11.8 Å². The smallest absolute Gasteiger partial charge is 0.261 e. The lowest BCUT2D eigenvalue weighted by atomic mass is 10.0. The Balaban J connectivity index is 1.86. The van der Waals surface area contributed by atoms with Crippen LogP contribution in [0.4, 0.5) is 4.39 Å². The minimum absolute atomic E-state index is 0.155. The van der Waals surface area contributed by atoms with Gasteiger partial charge in [0, 0.05) is 20.0 Å². The van der Waals surface area contributed by atoms with Gasteiger partial charge in [0.15, 0.2) is 6.61 Å². The van der Waals surface area contributed by atoms with Gasteiger partial charge in [-0.3, -0.25) is 9.59 Å². The van der Waals surface area contributed by atoms with Crippen LogP contribution in [0, 0.1) is 5.82 Å². The van der Waals surface area contributed by atoms with Crippen molar-refractivity contribution in [3.63, 3.8) is 0 Å². The lowest BCUT2D eigenvalue weighted by Gasteiger charge is -2.31. The number of nitrogens with one attached hydrogen (secondary N) is 1. The highest BCUT2D eigenvalue weighted by Gasteiger charge is 2.30. The van der Waals surface area contributed by atoms with Crippen molar-refractivity contribution in [2.45, 2.75) is 19.0 Å². The van der Waals surface area contributed by atoms with E-state index in [0.717, 1.165) is 11.1 Å². The largest absolute Gasteiger partial charge is 0.484 e. The maximum atomic E-state index is 13.4. The molecule has 3 aromatic rings. The van der Waals surface area contributed by atoms with Crippen molar-refractivity contribution in [2.75, 3.05) is 13.7 Å². The van der Waals surface area contributed by atoms with Crippen molar-refractivity contribution in [1.29, 1.82) is 0 Å². The maximum Gasteiger partial charge on any atom is 0.261 e. The van der Waals surface area contributed by atoms with Gasteiger partial charge in [-0.05, 0) is 35.4 Å². The Bertz CT molecular complexity index is 979. The van der Waals surface area contributed by atoms with Gasteiger partial charge in [0.25, 0.3) is 5.91 Å². The molecule has 1 N–H and O–H groups in total. The first kappa shape index (κ1) is 22.0. The summed E-state index contributed by atoms with van der Waals surface area (Å²) in [4.78, 5) is 27.4. The summed E-state index contributed by atoms with van der Waals surface area (Å²) in [5.41, 5.74) is 1.65. The van der Waals surface area contributed by atoms with E-state index >= 15 is 0 Å². The van der Waals surface area contributed by atoms with E-state index in [9.17, 15) is 14.0 Å². The number of ether oxygens (including phenoxy) is 1. The van der Waals surface area contributed by atoms with Gasteiger partial charge >= 0.3 is 0 Å². The second-order valence-electron chi connectivity index (χ2n) is 7.07. The van der Waals surface area contributed by atoms with Crippen molar-refractivity contribution < 1.29 is 18.7 Å². The van der Waals surface area contributed by atoms with E-state index in [1.165, 1.54) is 17.0 Å². The van der Waals surface area contributed by atoms with E-state index in [2.05, 4.69) is 5.32 Å². The second-order valence-corrected chi connectivity index (χ2v) is 7.07. The molecule has 0 radical (unpaired) electrons. The van der Waals surface area contributed by atoms with Gasteiger partial charge in [-0.2, -0.15) is 0 Å². The molecule has 160 valence electrons. The molecule has 0 aliphatic heterocycles. The van der Waals surface area contributed by atoms with Gasteiger partial charge in [-0.25, -0.2) is 4.39 Å². The van der Waals surface area contributed by atoms with Crippen LogP contribution in [0.5, 0.6) is 5.75 Å². The fourth-order valence-corrected chi connectivity index (χ4v) is 3.25. The van der Waals surface area contributed by atoms with E-state index in [1.54, 1.807) is 31.3 Å². The van der Waals surface area contributed by atoms with Gasteiger partial charge < -0.3 is 15.0 Å². The highest BCUT2D eigenvalue weighted by atomic mass is 19.1. The van der Waals surface area contributed by atoms with E-state index < -0.39 is 6.04 Å². The number of carbonyl (C=O) groups excluding carboxylic acids is 2. The Morgan fingerprint density at radius 3 is 2.13 bits per heavy atom. The predicted molar refractivity (Wildman–Crippen MR) is 117 cm³/mol. The molecule has 0 saturated heterocycles. The van der Waals surface area contributed by atoms with E-state index in [4.69, 9.17) is 4.74 Å². The number of likely N-dealkylation sites (N-methyl/N-ethyl adjacent to an activating group) is 1. The first-order valence-electron chi connectivity index (χ1n) is 10.0. The van der Waals surface area contributed by atoms with Crippen molar-refractivity contribution in [3.05, 3.63) is 102 Å². The SMILES string of the molecule is CNC(=O)C(Cc1ccccc1)N(Cc1ccc(F)cc1)C(=O)COc1ccccc1. The Labute approximate surface area is 181 Å². The van der Waals surface area contributed by atoms with E-state index in [0.29, 0.717) is 12.2 Å². The zero-order valence-electron chi connectivity index (χ0n) is 17.3. The van der Waals surface area contributed by atoms with E-state index in [-0.39, 0.29) is 30.8 Å². The molecule has 0 bridgehead atoms. The number of hydrogen-bond donors (Lipinski definition) is 1. The van der Waals surface area contributed by atoms with Gasteiger partial charge in [-0.15, -0.1) is 0 Å². The molecule has 0 aliphatic rings. The molecule has 6 heteroatoms. The van der Waals surface area contributed by atoms with Gasteiger partial charge in [0.1, 0.15) is 17.6 Å². The molecular formula is C25H25FN2O3. The zero-order valence-corrected chi connectivity index (χ0v) is 17.3. The first-order valence-corrected chi connectivity index (χ1v) is 10.0. The van der Waals surface area contributed by atoms with Crippen LogP contribution in [0.25, 0.3) is 0 Å². The Morgan fingerprint density at radius 1 is 0.903 bits per heavy atom. The minimum Gasteiger partial charge on any atom is -0.484 e. The molecule has 3 aromatic carbocycles. The van der Waals surface area contributed by atoms with Crippen LogP contribution in [0.3, 0.4) is 0 Å². The molecule has 0 aromatic heterocycles. The quantitative estimate of drug-likeness (QED) is 0.576. The molecule has 0 heterocycles. The molecule has 1 atom stereocenters. The standard InChI is InChI=1S/C25H25FN2O3/c1-27-25(30)23(16-19-8-4-2-5-9-19)28(17-20-12-14-21(26)15-13-20)24(29)18-31-22-10-6-3-7-11-22/h2-15,23H,16-18H2,1H3,(H,27,30). The summed E-state index contributed by atoms with van der Waals surface area (Å²) < 4.78 is 19.0. The third-order valence-electron chi connectivity index (χ3n) is 4.89. The summed E-state index contributed by atoms with van der Waals surface area (Å²) in [6, 6.07) is 23.7. The number of para-hydroxylation sites is 1. The Hall–Kier alpha value is -3.67. The van der Waals surface area contributed by atoms with Crippen LogP contribution in [-0.2, 0) is 22.6 Å². The van der Waals surface area contributed by atoms with E-state index in [1.807, 2.05) is 48.5 Å². The average molecular weight is 420 g/mol. The lowest BCUT2D eigenvalue weighted by molar-refractivity contribution is -0.142. The summed E-state index contributed by atoms with van der Waals surface area (Å²) in [6.07, 6.45) is 0.346. The summed E-state index contributed by atoms with van der Waals surface area (Å²) in [6.45, 7) is -0.0598. The van der Waals surface area contributed by atoms with Crippen LogP contribution in [0.1, 0.15) is 11.1 Å². The molecule has 3 rings (SSSR count). The maximum absolute atomic E-state index is 13.4. The van der Waals surface area contributed by atoms with Gasteiger partial charge in [0.05, 0.1) is 0 Å². The van der Waals surface area contributed by atoms with Crippen LogP contribution < -0.4 is 10.1 Å². The average Bonchev–Trinajstić information content (AvgIpc) is 2.81. The number of amides is 2. The van der Waals surface area contributed by atoms with Gasteiger partial charge in [-0.1, -0.05) is 60.7 Å². The predicted octanol–water partition coefficient (Wildman–Crippen LogP) is 3.59. The fourth-order valence-electron chi connectivity index (χ4n) is 3.25. The monoisotopic (exact) mass is 420 g/mol. The molecule has 2 amide bonds.